The standard InChI is InChI=1S/C15H20N4OS/c1-3-8-16-12(4-2)13-6-5-11(10-18-13)21-15-17-9-7-14(20)19-15/h5-7,9-10,12,16H,3-4,8H2,1-2H3,(H,17,19,20). The van der Waals surface area contributed by atoms with E-state index in [1.165, 1.54) is 24.0 Å². The topological polar surface area (TPSA) is 70.7 Å². The Bertz CT molecular complexity index is 612. The monoisotopic (exact) mass is 304 g/mol. The van der Waals surface area contributed by atoms with Crippen LogP contribution in [-0.4, -0.2) is 21.5 Å². The van der Waals surface area contributed by atoms with Crippen LogP contribution in [0.5, 0.6) is 0 Å². The number of nitrogens with zero attached hydrogens (tertiary/aromatic N) is 2. The van der Waals surface area contributed by atoms with Crippen LogP contribution in [-0.2, 0) is 0 Å². The van der Waals surface area contributed by atoms with Crippen LogP contribution >= 0.6 is 11.8 Å². The number of hydrogen-bond donors (Lipinski definition) is 2. The van der Waals surface area contributed by atoms with Gasteiger partial charge >= 0.3 is 0 Å². The Kier molecular flexibility index (Phi) is 5.95. The van der Waals surface area contributed by atoms with Gasteiger partial charge in [0.25, 0.3) is 5.56 Å². The number of hydrogen-bond acceptors (Lipinski definition) is 5. The number of nitrogens with one attached hydrogen (secondary N) is 2. The van der Waals surface area contributed by atoms with Crippen LogP contribution in [0, 0.1) is 0 Å². The molecule has 2 aromatic heterocycles. The molecule has 2 rings (SSSR count). The van der Waals surface area contributed by atoms with E-state index >= 15 is 0 Å². The molecule has 21 heavy (non-hydrogen) atoms. The van der Waals surface area contributed by atoms with Crippen LogP contribution in [0.15, 0.2) is 45.4 Å². The molecule has 0 saturated carbocycles. The van der Waals surface area contributed by atoms with Crippen LogP contribution in [0.2, 0.25) is 0 Å². The van der Waals surface area contributed by atoms with E-state index in [-0.39, 0.29) is 5.56 Å². The van der Waals surface area contributed by atoms with Gasteiger partial charge in [-0.3, -0.25) is 9.78 Å². The SMILES string of the molecule is CCCNC(CC)c1ccc(Sc2nccc(=O)[nH]2)cn1. The zero-order chi connectivity index (χ0) is 15.1. The number of H-pyrrole nitrogens is 1. The summed E-state index contributed by atoms with van der Waals surface area (Å²) in [5.41, 5.74) is 0.900. The van der Waals surface area contributed by atoms with Crippen LogP contribution < -0.4 is 10.9 Å². The fourth-order valence-corrected chi connectivity index (χ4v) is 2.68. The first-order valence-electron chi connectivity index (χ1n) is 7.15. The quantitative estimate of drug-likeness (QED) is 0.770. The maximum Gasteiger partial charge on any atom is 0.251 e. The molecule has 2 N–H and O–H groups in total. The Morgan fingerprint density at radius 3 is 2.76 bits per heavy atom. The molecule has 1 unspecified atom stereocenters. The first-order chi connectivity index (χ1) is 10.2. The van der Waals surface area contributed by atoms with E-state index in [0.29, 0.717) is 11.2 Å². The summed E-state index contributed by atoms with van der Waals surface area (Å²) in [5.74, 6) is 0. The van der Waals surface area contributed by atoms with Crippen LogP contribution in [0.3, 0.4) is 0 Å². The Morgan fingerprint density at radius 2 is 2.14 bits per heavy atom. The molecule has 0 spiro atoms. The average molecular weight is 304 g/mol. The minimum atomic E-state index is -0.146. The van der Waals surface area contributed by atoms with E-state index in [9.17, 15) is 4.79 Å². The van der Waals surface area contributed by atoms with Crippen molar-refractivity contribution in [1.82, 2.24) is 20.3 Å². The second-order valence-corrected chi connectivity index (χ2v) is 5.74. The molecule has 6 heteroatoms. The maximum absolute atomic E-state index is 11.2. The Morgan fingerprint density at radius 1 is 1.29 bits per heavy atom. The summed E-state index contributed by atoms with van der Waals surface area (Å²) in [6.07, 6.45) is 5.44. The molecule has 0 amide bonds. The second kappa shape index (κ2) is 7.95. The highest BCUT2D eigenvalue weighted by atomic mass is 32.2. The van der Waals surface area contributed by atoms with Gasteiger partial charge in [0.05, 0.1) is 5.69 Å². The maximum atomic E-state index is 11.2. The molecular weight excluding hydrogens is 284 g/mol. The van der Waals surface area contributed by atoms with E-state index in [4.69, 9.17) is 0 Å². The van der Waals surface area contributed by atoms with E-state index in [1.807, 2.05) is 18.3 Å². The summed E-state index contributed by atoms with van der Waals surface area (Å²) in [6, 6.07) is 5.73. The van der Waals surface area contributed by atoms with Crippen LogP contribution in [0.4, 0.5) is 0 Å². The zero-order valence-corrected chi connectivity index (χ0v) is 13.1. The summed E-state index contributed by atoms with van der Waals surface area (Å²) >= 11 is 1.40. The fourth-order valence-electron chi connectivity index (χ4n) is 1.95. The largest absolute Gasteiger partial charge is 0.309 e. The van der Waals surface area contributed by atoms with Gasteiger partial charge in [-0.15, -0.1) is 0 Å². The summed E-state index contributed by atoms with van der Waals surface area (Å²) in [4.78, 5) is 23.5. The lowest BCUT2D eigenvalue weighted by Gasteiger charge is -2.16. The van der Waals surface area contributed by atoms with Crippen molar-refractivity contribution in [3.05, 3.63) is 46.6 Å². The van der Waals surface area contributed by atoms with Crippen LogP contribution in [0.25, 0.3) is 0 Å². The van der Waals surface area contributed by atoms with Crippen molar-refractivity contribution in [2.24, 2.45) is 0 Å². The third-order valence-corrected chi connectivity index (χ3v) is 3.91. The number of aromatic nitrogens is 3. The Balaban J connectivity index is 2.06. The van der Waals surface area contributed by atoms with Gasteiger partial charge in [-0.25, -0.2) is 4.98 Å². The Hall–Kier alpha value is -1.66. The van der Waals surface area contributed by atoms with Crippen molar-refractivity contribution in [3.63, 3.8) is 0 Å². The smallest absolute Gasteiger partial charge is 0.251 e. The molecule has 0 bridgehead atoms. The molecule has 0 aromatic carbocycles. The highest BCUT2D eigenvalue weighted by Crippen LogP contribution is 2.24. The van der Waals surface area contributed by atoms with E-state index in [0.717, 1.165) is 30.0 Å². The lowest BCUT2D eigenvalue weighted by molar-refractivity contribution is 0.507. The molecule has 0 aliphatic carbocycles. The third-order valence-electron chi connectivity index (χ3n) is 3.03. The van der Waals surface area contributed by atoms with E-state index in [1.54, 1.807) is 0 Å². The number of pyridine rings is 1. The minimum Gasteiger partial charge on any atom is -0.309 e. The molecule has 0 radical (unpaired) electrons. The van der Waals surface area contributed by atoms with Crippen molar-refractivity contribution in [3.8, 4) is 0 Å². The molecule has 5 nitrogen and oxygen atoms in total. The molecule has 0 aliphatic heterocycles. The first kappa shape index (κ1) is 15.7. The first-order valence-corrected chi connectivity index (χ1v) is 7.97. The van der Waals surface area contributed by atoms with Gasteiger partial charge in [0.15, 0.2) is 5.16 Å². The number of rotatable bonds is 7. The Labute approximate surface area is 128 Å². The average Bonchev–Trinajstić information content (AvgIpc) is 2.49. The molecule has 0 saturated heterocycles. The predicted molar refractivity (Wildman–Crippen MR) is 84.5 cm³/mol. The van der Waals surface area contributed by atoms with Gasteiger partial charge in [-0.2, -0.15) is 0 Å². The molecule has 0 aliphatic rings. The molecule has 0 fully saturated rings. The van der Waals surface area contributed by atoms with Crippen molar-refractivity contribution >= 4 is 11.8 Å². The normalized spacial score (nSPS) is 12.3. The third kappa shape index (κ3) is 4.68. The van der Waals surface area contributed by atoms with E-state index < -0.39 is 0 Å². The fraction of sp³-hybridized carbons (Fsp3) is 0.400. The van der Waals surface area contributed by atoms with Crippen molar-refractivity contribution in [2.45, 2.75) is 42.8 Å². The van der Waals surface area contributed by atoms with Crippen molar-refractivity contribution < 1.29 is 0 Å². The summed E-state index contributed by atoms with van der Waals surface area (Å²) in [5, 5.41) is 4.06. The zero-order valence-electron chi connectivity index (χ0n) is 12.3. The highest BCUT2D eigenvalue weighted by molar-refractivity contribution is 7.99. The lowest BCUT2D eigenvalue weighted by Crippen LogP contribution is -2.22. The van der Waals surface area contributed by atoms with Gasteiger partial charge in [0.1, 0.15) is 0 Å². The van der Waals surface area contributed by atoms with Crippen molar-refractivity contribution in [1.29, 1.82) is 0 Å². The molecular formula is C15H20N4OS. The van der Waals surface area contributed by atoms with Gasteiger partial charge in [-0.1, -0.05) is 25.6 Å². The summed E-state index contributed by atoms with van der Waals surface area (Å²) in [6.45, 7) is 5.29. The van der Waals surface area contributed by atoms with Gasteiger partial charge < -0.3 is 10.3 Å². The van der Waals surface area contributed by atoms with Gasteiger partial charge in [-0.05, 0) is 31.5 Å². The van der Waals surface area contributed by atoms with E-state index in [2.05, 4.69) is 34.1 Å². The number of aromatic amines is 1. The molecule has 2 aromatic rings. The van der Waals surface area contributed by atoms with Crippen LogP contribution in [0.1, 0.15) is 38.4 Å². The molecule has 112 valence electrons. The summed E-state index contributed by atoms with van der Waals surface area (Å²) < 4.78 is 0. The highest BCUT2D eigenvalue weighted by Gasteiger charge is 2.09. The second-order valence-electron chi connectivity index (χ2n) is 4.68. The summed E-state index contributed by atoms with van der Waals surface area (Å²) in [7, 11) is 0. The molecule has 2 heterocycles. The van der Waals surface area contributed by atoms with Gasteiger partial charge in [0, 0.05) is 29.4 Å². The predicted octanol–water partition coefficient (Wildman–Crippen LogP) is 2.77. The molecule has 1 atom stereocenters. The minimum absolute atomic E-state index is 0.146. The van der Waals surface area contributed by atoms with Crippen molar-refractivity contribution in [2.75, 3.05) is 6.54 Å². The van der Waals surface area contributed by atoms with Gasteiger partial charge in [0.2, 0.25) is 0 Å². The lowest BCUT2D eigenvalue weighted by atomic mass is 10.1.